The molecule has 154 valence electrons. The zero-order valence-electron chi connectivity index (χ0n) is 16.3. The Morgan fingerprint density at radius 3 is 2.60 bits per heavy atom. The first-order valence-corrected chi connectivity index (χ1v) is 10.5. The zero-order valence-corrected chi connectivity index (χ0v) is 17.9. The maximum atomic E-state index is 10.6. The summed E-state index contributed by atoms with van der Waals surface area (Å²) in [4.78, 5) is 18.7. The van der Waals surface area contributed by atoms with Crippen molar-refractivity contribution < 1.29 is 14.3 Å². The monoisotopic (exact) mass is 441 g/mol. The van der Waals surface area contributed by atoms with Crippen molar-refractivity contribution in [2.24, 2.45) is 0 Å². The van der Waals surface area contributed by atoms with Crippen LogP contribution in [-0.4, -0.2) is 40.6 Å². The number of aldehydes is 1. The highest BCUT2D eigenvalue weighted by atomic mass is 32.1. The lowest BCUT2D eigenvalue weighted by atomic mass is 10.2. The van der Waals surface area contributed by atoms with Crippen molar-refractivity contribution in [3.8, 4) is 22.1 Å². The number of anilines is 1. The van der Waals surface area contributed by atoms with Crippen molar-refractivity contribution in [3.05, 3.63) is 64.9 Å². The molecule has 8 nitrogen and oxygen atoms in total. The number of carbonyl (C=O) groups excluding carboxylic acids is 1. The van der Waals surface area contributed by atoms with Crippen molar-refractivity contribution in [1.82, 2.24) is 20.2 Å². The van der Waals surface area contributed by atoms with Gasteiger partial charge in [0, 0.05) is 35.9 Å². The maximum absolute atomic E-state index is 10.6. The molecule has 0 radical (unpaired) electrons. The van der Waals surface area contributed by atoms with E-state index in [0.717, 1.165) is 27.7 Å². The number of hydrogen-bond donors (Lipinski definition) is 1. The van der Waals surface area contributed by atoms with E-state index in [1.165, 1.54) is 22.7 Å². The van der Waals surface area contributed by atoms with Gasteiger partial charge in [-0.1, -0.05) is 11.3 Å². The molecule has 0 fully saturated rings. The Hall–Kier alpha value is -3.37. The molecule has 3 aromatic heterocycles. The summed E-state index contributed by atoms with van der Waals surface area (Å²) in [6.45, 7) is 0.389. The van der Waals surface area contributed by atoms with Crippen molar-refractivity contribution in [2.45, 2.75) is 6.61 Å². The topological polar surface area (TPSA) is 99.1 Å². The normalized spacial score (nSPS) is 9.93. The van der Waals surface area contributed by atoms with Gasteiger partial charge >= 0.3 is 0 Å². The molecular weight excluding hydrogens is 422 g/mol. The van der Waals surface area contributed by atoms with Gasteiger partial charge in [-0.05, 0) is 30.3 Å². The summed E-state index contributed by atoms with van der Waals surface area (Å²) in [5.41, 5.74) is 4.24. The number of aromatic nitrogens is 4. The van der Waals surface area contributed by atoms with E-state index < -0.39 is 0 Å². The number of benzene rings is 1. The van der Waals surface area contributed by atoms with Crippen LogP contribution in [0.1, 0.15) is 16.1 Å². The van der Waals surface area contributed by atoms with Crippen LogP contribution >= 0.6 is 22.7 Å². The van der Waals surface area contributed by atoms with Gasteiger partial charge in [0.1, 0.15) is 17.9 Å². The summed E-state index contributed by atoms with van der Waals surface area (Å²) in [6, 6.07) is 8.88. The van der Waals surface area contributed by atoms with E-state index in [1.54, 1.807) is 43.2 Å². The smallest absolute Gasteiger partial charge is 0.205 e. The third-order valence-corrected chi connectivity index (χ3v) is 5.37. The average Bonchev–Trinajstić information content (AvgIpc) is 3.50. The van der Waals surface area contributed by atoms with Crippen LogP contribution in [0, 0.1) is 0 Å². The van der Waals surface area contributed by atoms with Crippen LogP contribution in [0.25, 0.3) is 10.6 Å². The number of hydrogen-bond acceptors (Lipinski definition) is 10. The first kappa shape index (κ1) is 21.3. The molecule has 10 heteroatoms. The minimum Gasteiger partial charge on any atom is -0.493 e. The average molecular weight is 442 g/mol. The number of methoxy groups -OCH3 is 1. The molecule has 0 aliphatic heterocycles. The minimum absolute atomic E-state index is 0.389. The van der Waals surface area contributed by atoms with E-state index >= 15 is 0 Å². The van der Waals surface area contributed by atoms with E-state index in [1.807, 2.05) is 24.6 Å². The summed E-state index contributed by atoms with van der Waals surface area (Å²) in [6.07, 6.45) is 4.26. The molecule has 4 rings (SSSR count). The quantitative estimate of drug-likeness (QED) is 0.426. The highest BCUT2D eigenvalue weighted by Gasteiger charge is 2.06. The molecule has 0 bridgehead atoms. The van der Waals surface area contributed by atoms with Gasteiger partial charge < -0.3 is 14.8 Å². The number of pyridine rings is 1. The Morgan fingerprint density at radius 1 is 1.13 bits per heavy atom. The molecule has 0 aliphatic rings. The van der Waals surface area contributed by atoms with Gasteiger partial charge in [0.15, 0.2) is 11.5 Å². The Balaban J connectivity index is 0.000000177. The number of carbonyl (C=O) groups is 1. The number of thiazole rings is 1. The van der Waals surface area contributed by atoms with E-state index in [-0.39, 0.29) is 0 Å². The van der Waals surface area contributed by atoms with Gasteiger partial charge in [0.25, 0.3) is 0 Å². The lowest BCUT2D eigenvalue weighted by molar-refractivity contribution is 0.112. The van der Waals surface area contributed by atoms with Crippen molar-refractivity contribution >= 4 is 34.1 Å². The second-order valence-corrected chi connectivity index (χ2v) is 7.39. The molecule has 0 saturated heterocycles. The van der Waals surface area contributed by atoms with Gasteiger partial charge in [0.2, 0.25) is 5.13 Å². The van der Waals surface area contributed by atoms with Crippen LogP contribution in [-0.2, 0) is 6.61 Å². The van der Waals surface area contributed by atoms with Gasteiger partial charge in [-0.3, -0.25) is 9.78 Å². The van der Waals surface area contributed by atoms with Crippen LogP contribution in [0.15, 0.2) is 53.6 Å². The molecule has 3 heterocycles. The summed E-state index contributed by atoms with van der Waals surface area (Å²) in [5.74, 6) is 1.15. The van der Waals surface area contributed by atoms with Crippen LogP contribution in [0.4, 0.5) is 5.13 Å². The van der Waals surface area contributed by atoms with Crippen molar-refractivity contribution in [1.29, 1.82) is 0 Å². The van der Waals surface area contributed by atoms with Gasteiger partial charge in [-0.2, -0.15) is 0 Å². The number of nitrogens with one attached hydrogen (secondary N) is 1. The minimum atomic E-state index is 0.389. The molecular formula is C20H19N5O3S2. The fourth-order valence-corrected chi connectivity index (χ4v) is 3.52. The predicted octanol–water partition coefficient (Wildman–Crippen LogP) is 4.19. The second kappa shape index (κ2) is 11.0. The number of ether oxygens (including phenoxy) is 2. The van der Waals surface area contributed by atoms with Crippen LogP contribution in [0.2, 0.25) is 0 Å². The molecule has 30 heavy (non-hydrogen) atoms. The molecule has 1 aromatic carbocycles. The van der Waals surface area contributed by atoms with Gasteiger partial charge in [0.05, 0.1) is 18.3 Å². The largest absolute Gasteiger partial charge is 0.493 e. The van der Waals surface area contributed by atoms with E-state index in [2.05, 4.69) is 25.5 Å². The molecule has 4 aromatic rings. The van der Waals surface area contributed by atoms with Crippen molar-refractivity contribution in [2.75, 3.05) is 19.5 Å². The van der Waals surface area contributed by atoms with Gasteiger partial charge in [-0.25, -0.2) is 4.98 Å². The molecule has 0 spiro atoms. The molecule has 0 unspecified atom stereocenters. The third kappa shape index (κ3) is 5.82. The Kier molecular flexibility index (Phi) is 7.81. The molecule has 0 saturated carbocycles. The highest BCUT2D eigenvalue weighted by Crippen LogP contribution is 2.28. The lowest BCUT2D eigenvalue weighted by Crippen LogP contribution is -1.98. The third-order valence-electron chi connectivity index (χ3n) is 3.75. The molecule has 0 atom stereocenters. The molecule has 0 amide bonds. The van der Waals surface area contributed by atoms with Crippen LogP contribution < -0.4 is 14.8 Å². The molecule has 1 N–H and O–H groups in total. The van der Waals surface area contributed by atoms with E-state index in [4.69, 9.17) is 9.47 Å². The molecule has 0 aliphatic carbocycles. The van der Waals surface area contributed by atoms with Crippen LogP contribution in [0.3, 0.4) is 0 Å². The lowest BCUT2D eigenvalue weighted by Gasteiger charge is -2.09. The Morgan fingerprint density at radius 2 is 1.97 bits per heavy atom. The first-order chi connectivity index (χ1) is 14.7. The SMILES string of the molecule is CNc1nnc(-c2ccncc2)s1.COc1cc(C=O)ccc1OCc1cscn1. The second-order valence-electron chi connectivity index (χ2n) is 5.69. The summed E-state index contributed by atoms with van der Waals surface area (Å²) < 4.78 is 10.7. The first-order valence-electron chi connectivity index (χ1n) is 8.78. The van der Waals surface area contributed by atoms with E-state index in [0.29, 0.717) is 23.7 Å². The zero-order chi connectivity index (χ0) is 21.2. The number of rotatable bonds is 7. The fourth-order valence-electron chi connectivity index (χ4n) is 2.27. The predicted molar refractivity (Wildman–Crippen MR) is 118 cm³/mol. The number of nitrogens with zero attached hydrogens (tertiary/aromatic N) is 4. The van der Waals surface area contributed by atoms with Crippen LogP contribution in [0.5, 0.6) is 11.5 Å². The summed E-state index contributed by atoms with van der Waals surface area (Å²) in [5, 5.41) is 14.6. The van der Waals surface area contributed by atoms with Crippen molar-refractivity contribution in [3.63, 3.8) is 0 Å². The Bertz CT molecular complexity index is 1060. The highest BCUT2D eigenvalue weighted by molar-refractivity contribution is 7.18. The van der Waals surface area contributed by atoms with E-state index in [9.17, 15) is 4.79 Å². The standard InChI is InChI=1S/C12H11NO3S.C8H8N4S/c1-15-12-4-9(5-14)2-3-11(12)16-6-10-7-17-8-13-10;1-9-8-12-11-7(13-8)6-2-4-10-5-3-6/h2-5,7-8H,6H2,1H3;2-5H,1H3,(H,9,12). The fraction of sp³-hybridized carbons (Fsp3) is 0.150. The van der Waals surface area contributed by atoms with Gasteiger partial charge in [-0.15, -0.1) is 21.5 Å². The summed E-state index contributed by atoms with van der Waals surface area (Å²) >= 11 is 3.05. The Labute approximate surface area is 181 Å². The maximum Gasteiger partial charge on any atom is 0.205 e. The summed E-state index contributed by atoms with van der Waals surface area (Å²) in [7, 11) is 3.37.